The van der Waals surface area contributed by atoms with Gasteiger partial charge in [0.05, 0.1) is 43.7 Å². The number of nitrogens with one attached hydrogen (secondary N) is 2. The van der Waals surface area contributed by atoms with Crippen LogP contribution in [0, 0.1) is 5.92 Å². The fraction of sp³-hybridized carbons (Fsp3) is 1.00. The van der Waals surface area contributed by atoms with Crippen LogP contribution in [0.3, 0.4) is 0 Å². The summed E-state index contributed by atoms with van der Waals surface area (Å²) in [5, 5.41) is 67.4. The number of hydrogen-bond acceptors (Lipinski definition) is 15. The van der Waals surface area contributed by atoms with Crippen molar-refractivity contribution in [1.29, 1.82) is 0 Å². The predicted octanol–water partition coefficient (Wildman–Crippen LogP) is -6.42. The Morgan fingerprint density at radius 2 is 1.71 bits per heavy atom. The van der Waals surface area contributed by atoms with Crippen LogP contribution in [0.1, 0.15) is 19.3 Å². The fourth-order valence-corrected chi connectivity index (χ4v) is 5.66. The van der Waals surface area contributed by atoms with E-state index in [1.54, 1.807) is 0 Å². The molecule has 0 aromatic carbocycles. The highest BCUT2D eigenvalue weighted by molar-refractivity contribution is 5.05. The number of rotatable bonds is 12. The summed E-state index contributed by atoms with van der Waals surface area (Å²) in [4.78, 5) is 0. The second-order valence-electron chi connectivity index (χ2n) is 10.6. The van der Waals surface area contributed by atoms with Gasteiger partial charge in [0.15, 0.2) is 6.29 Å². The van der Waals surface area contributed by atoms with E-state index < -0.39 is 85.7 Å². The SMILES string of the molecule is NCC(O)CN[C@@H]1C[C@H](N)C([C@H]2O[C@H](CNCCO)CC[C@H]2N)[C@H](O)[C@H]1O[C@H]1O[C@H](CO)[C@@H](O)[C@H](N)[C@H]1O. The predicted molar refractivity (Wildman–Crippen MR) is 135 cm³/mol. The fourth-order valence-electron chi connectivity index (χ4n) is 5.66. The molecule has 1 saturated carbocycles. The Morgan fingerprint density at radius 1 is 0.974 bits per heavy atom. The first kappa shape index (κ1) is 31.9. The Hall–Kier alpha value is -0.600. The molecule has 0 radical (unpaired) electrons. The third kappa shape index (κ3) is 7.57. The van der Waals surface area contributed by atoms with E-state index in [1.807, 2.05) is 0 Å². The Morgan fingerprint density at radius 3 is 2.37 bits per heavy atom. The molecule has 2 saturated heterocycles. The lowest BCUT2D eigenvalue weighted by Gasteiger charge is -2.51. The zero-order valence-corrected chi connectivity index (χ0v) is 21.7. The summed E-state index contributed by atoms with van der Waals surface area (Å²) in [6.45, 7) is 0.510. The van der Waals surface area contributed by atoms with Gasteiger partial charge in [-0.25, -0.2) is 0 Å². The number of aliphatic hydroxyl groups excluding tert-OH is 6. The minimum Gasteiger partial charge on any atom is -0.395 e. The van der Waals surface area contributed by atoms with Crippen molar-refractivity contribution < 1.29 is 44.8 Å². The lowest BCUT2D eigenvalue weighted by molar-refractivity contribution is -0.306. The topological polar surface area (TPSA) is 277 Å². The summed E-state index contributed by atoms with van der Waals surface area (Å²) in [5.74, 6) is -0.637. The van der Waals surface area contributed by atoms with Crippen LogP contribution in [0.25, 0.3) is 0 Å². The van der Waals surface area contributed by atoms with Crippen LogP contribution in [0.5, 0.6) is 0 Å². The quantitative estimate of drug-likeness (QED) is 0.100. The van der Waals surface area contributed by atoms with Gasteiger partial charge in [-0.1, -0.05) is 0 Å². The lowest BCUT2D eigenvalue weighted by Crippen LogP contribution is -2.69. The van der Waals surface area contributed by atoms with Crippen LogP contribution in [-0.4, -0.2) is 149 Å². The first-order chi connectivity index (χ1) is 18.1. The van der Waals surface area contributed by atoms with E-state index in [1.165, 1.54) is 0 Å². The standard InChI is InChI=1S/C23H48N6O9/c24-6-10(32)7-29-14-5-13(26)16(21-12(25)2-1-11(36-21)8-28-3-4-30)19(34)22(14)38-23-20(35)17(27)18(33)15(9-31)37-23/h10-23,28-35H,1-9,24-27H2/t10?,11-,12+,13-,14+,15+,16?,17-,18+,19-,20+,21-,22-,23+/m0/s1. The first-order valence-electron chi connectivity index (χ1n) is 13.4. The third-order valence-electron chi connectivity index (χ3n) is 7.90. The van der Waals surface area contributed by atoms with Gasteiger partial charge >= 0.3 is 0 Å². The van der Waals surface area contributed by atoms with Crippen molar-refractivity contribution in [2.75, 3.05) is 39.4 Å². The first-order valence-corrected chi connectivity index (χ1v) is 13.4. The molecule has 2 unspecified atom stereocenters. The molecule has 14 atom stereocenters. The Bertz CT molecular complexity index is 700. The summed E-state index contributed by atoms with van der Waals surface area (Å²) in [6, 6.07) is -2.68. The maximum absolute atomic E-state index is 11.6. The average molecular weight is 553 g/mol. The molecule has 3 fully saturated rings. The van der Waals surface area contributed by atoms with Gasteiger partial charge in [-0.3, -0.25) is 0 Å². The van der Waals surface area contributed by atoms with Gasteiger partial charge < -0.3 is 78.4 Å². The molecule has 15 nitrogen and oxygen atoms in total. The molecule has 1 aliphatic carbocycles. The molecule has 2 heterocycles. The minimum atomic E-state index is -1.44. The smallest absolute Gasteiger partial charge is 0.186 e. The highest BCUT2D eigenvalue weighted by atomic mass is 16.7. The van der Waals surface area contributed by atoms with Crippen LogP contribution in [0.15, 0.2) is 0 Å². The Kier molecular flexibility index (Phi) is 12.5. The van der Waals surface area contributed by atoms with Crippen molar-refractivity contribution in [2.45, 2.75) is 98.6 Å². The molecule has 16 N–H and O–H groups in total. The van der Waals surface area contributed by atoms with E-state index in [9.17, 15) is 25.5 Å². The number of nitrogens with two attached hydrogens (primary N) is 4. The molecule has 0 aromatic heterocycles. The van der Waals surface area contributed by atoms with Gasteiger partial charge in [0.25, 0.3) is 0 Å². The van der Waals surface area contributed by atoms with Gasteiger partial charge in [-0.2, -0.15) is 0 Å². The van der Waals surface area contributed by atoms with Crippen molar-refractivity contribution >= 4 is 0 Å². The number of ether oxygens (including phenoxy) is 3. The maximum Gasteiger partial charge on any atom is 0.186 e. The summed E-state index contributed by atoms with van der Waals surface area (Å²) >= 11 is 0. The number of hydrogen-bond donors (Lipinski definition) is 12. The molecule has 0 amide bonds. The van der Waals surface area contributed by atoms with Crippen molar-refractivity contribution in [2.24, 2.45) is 28.9 Å². The van der Waals surface area contributed by atoms with E-state index in [-0.39, 0.29) is 25.8 Å². The molecule has 0 spiro atoms. The highest BCUT2D eigenvalue weighted by Crippen LogP contribution is 2.36. The van der Waals surface area contributed by atoms with Crippen LogP contribution in [-0.2, 0) is 14.2 Å². The average Bonchev–Trinajstić information content (AvgIpc) is 2.90. The molecular formula is C23H48N6O9. The van der Waals surface area contributed by atoms with Gasteiger partial charge in [-0.05, 0) is 19.3 Å². The van der Waals surface area contributed by atoms with Crippen molar-refractivity contribution in [3.05, 3.63) is 0 Å². The van der Waals surface area contributed by atoms with E-state index >= 15 is 0 Å². The second-order valence-corrected chi connectivity index (χ2v) is 10.6. The second kappa shape index (κ2) is 14.9. The van der Waals surface area contributed by atoms with E-state index in [4.69, 9.17) is 42.3 Å². The Balaban J connectivity index is 1.81. The molecule has 15 heteroatoms. The minimum absolute atomic E-state index is 0.00104. The molecule has 0 aromatic rings. The molecule has 3 rings (SSSR count). The molecule has 2 aliphatic heterocycles. The maximum atomic E-state index is 11.6. The van der Waals surface area contributed by atoms with Crippen LogP contribution in [0.4, 0.5) is 0 Å². The normalized spacial score (nSPS) is 45.2. The summed E-state index contributed by atoms with van der Waals surface area (Å²) in [7, 11) is 0. The Labute approximate surface area is 222 Å². The van der Waals surface area contributed by atoms with Crippen molar-refractivity contribution in [3.63, 3.8) is 0 Å². The highest BCUT2D eigenvalue weighted by Gasteiger charge is 2.52. The van der Waals surface area contributed by atoms with E-state index in [0.29, 0.717) is 32.4 Å². The third-order valence-corrected chi connectivity index (χ3v) is 7.90. The van der Waals surface area contributed by atoms with Gasteiger partial charge in [-0.15, -0.1) is 0 Å². The van der Waals surface area contributed by atoms with E-state index in [2.05, 4.69) is 10.6 Å². The summed E-state index contributed by atoms with van der Waals surface area (Å²) in [5.41, 5.74) is 24.5. The van der Waals surface area contributed by atoms with Crippen LogP contribution < -0.4 is 33.6 Å². The lowest BCUT2D eigenvalue weighted by atomic mass is 9.72. The van der Waals surface area contributed by atoms with Crippen LogP contribution in [0.2, 0.25) is 0 Å². The molecule has 38 heavy (non-hydrogen) atoms. The zero-order chi connectivity index (χ0) is 28.0. The molecule has 224 valence electrons. The molecule has 3 aliphatic rings. The molecular weight excluding hydrogens is 504 g/mol. The summed E-state index contributed by atoms with van der Waals surface area (Å²) < 4.78 is 18.0. The van der Waals surface area contributed by atoms with Gasteiger partial charge in [0.2, 0.25) is 0 Å². The van der Waals surface area contributed by atoms with Crippen molar-refractivity contribution in [3.8, 4) is 0 Å². The summed E-state index contributed by atoms with van der Waals surface area (Å²) in [6.07, 6.45) is -7.40. The molecule has 0 bridgehead atoms. The van der Waals surface area contributed by atoms with Crippen LogP contribution >= 0.6 is 0 Å². The number of aliphatic hydroxyl groups is 6. The largest absolute Gasteiger partial charge is 0.395 e. The van der Waals surface area contributed by atoms with Gasteiger partial charge in [0.1, 0.15) is 24.4 Å². The van der Waals surface area contributed by atoms with Gasteiger partial charge in [0, 0.05) is 50.2 Å². The monoisotopic (exact) mass is 552 g/mol. The zero-order valence-electron chi connectivity index (χ0n) is 21.7. The van der Waals surface area contributed by atoms with Crippen molar-refractivity contribution in [1.82, 2.24) is 10.6 Å². The van der Waals surface area contributed by atoms with E-state index in [0.717, 1.165) is 0 Å².